The van der Waals surface area contributed by atoms with E-state index >= 15 is 0 Å². The molecule has 1 atom stereocenters. The Morgan fingerprint density at radius 1 is 0.892 bits per heavy atom. The first-order valence-electron chi connectivity index (χ1n) is 14.3. The summed E-state index contributed by atoms with van der Waals surface area (Å²) in [5.41, 5.74) is 7.67. The molecular formula is C34H51N3. The summed E-state index contributed by atoms with van der Waals surface area (Å²) in [5.74, 6) is 1.08. The molecule has 0 aliphatic heterocycles. The van der Waals surface area contributed by atoms with E-state index < -0.39 is 0 Å². The minimum Gasteiger partial charge on any atom is -0.279 e. The van der Waals surface area contributed by atoms with Gasteiger partial charge in [-0.25, -0.2) is 9.97 Å². The van der Waals surface area contributed by atoms with Gasteiger partial charge in [-0.05, 0) is 59.1 Å². The number of hydrogen-bond donors (Lipinski definition) is 0. The van der Waals surface area contributed by atoms with Crippen LogP contribution in [0.4, 0.5) is 0 Å². The van der Waals surface area contributed by atoms with Crippen molar-refractivity contribution in [2.45, 2.75) is 118 Å². The number of aromatic nitrogens is 3. The molecule has 2 aromatic heterocycles. The zero-order valence-corrected chi connectivity index (χ0v) is 25.5. The molecule has 3 nitrogen and oxygen atoms in total. The largest absolute Gasteiger partial charge is 0.279 e. The third-order valence-electron chi connectivity index (χ3n) is 7.34. The Hall–Kier alpha value is -2.68. The number of imidazole rings is 1. The van der Waals surface area contributed by atoms with Gasteiger partial charge in [0.25, 0.3) is 0 Å². The van der Waals surface area contributed by atoms with E-state index in [9.17, 15) is 0 Å². The van der Waals surface area contributed by atoms with E-state index in [-0.39, 0.29) is 16.2 Å². The van der Waals surface area contributed by atoms with Crippen molar-refractivity contribution in [3.05, 3.63) is 66.5 Å². The van der Waals surface area contributed by atoms with Crippen LogP contribution in [0.1, 0.15) is 119 Å². The van der Waals surface area contributed by atoms with E-state index in [4.69, 9.17) is 9.97 Å². The van der Waals surface area contributed by atoms with Crippen LogP contribution in [0, 0.1) is 0 Å². The van der Waals surface area contributed by atoms with E-state index in [1.54, 1.807) is 0 Å². The quantitative estimate of drug-likeness (QED) is 0.261. The van der Waals surface area contributed by atoms with Crippen LogP contribution in [0.25, 0.3) is 27.6 Å². The van der Waals surface area contributed by atoms with Gasteiger partial charge in [-0.1, -0.05) is 101 Å². The molecule has 4 aromatic rings. The van der Waals surface area contributed by atoms with E-state index in [1.807, 2.05) is 27.7 Å². The molecule has 1 aliphatic rings. The van der Waals surface area contributed by atoms with E-state index in [0.717, 1.165) is 27.9 Å². The van der Waals surface area contributed by atoms with E-state index in [2.05, 4.69) is 102 Å². The summed E-state index contributed by atoms with van der Waals surface area (Å²) in [7, 11) is 0. The molecule has 2 heterocycles. The Balaban J connectivity index is 0.000000750. The van der Waals surface area contributed by atoms with Crippen LogP contribution in [0.5, 0.6) is 0 Å². The molecule has 0 radical (unpaired) electrons. The van der Waals surface area contributed by atoms with Crippen molar-refractivity contribution >= 4 is 27.6 Å². The summed E-state index contributed by atoms with van der Waals surface area (Å²) < 4.78 is 2.33. The highest BCUT2D eigenvalue weighted by atomic mass is 15.1. The maximum absolute atomic E-state index is 5.21. The second-order valence-electron chi connectivity index (χ2n) is 11.6. The summed E-state index contributed by atoms with van der Waals surface area (Å²) in [4.78, 5) is 10.3. The third-order valence-corrected chi connectivity index (χ3v) is 7.34. The minimum atomic E-state index is -0.0833. The van der Waals surface area contributed by atoms with Gasteiger partial charge >= 0.3 is 0 Å². The highest BCUT2D eigenvalue weighted by Crippen LogP contribution is 2.53. The summed E-state index contributed by atoms with van der Waals surface area (Å²) in [6.07, 6.45) is 4.97. The zero-order valence-electron chi connectivity index (χ0n) is 25.5. The zero-order chi connectivity index (χ0) is 28.2. The monoisotopic (exact) mass is 501 g/mol. The molecule has 5 rings (SSSR count). The van der Waals surface area contributed by atoms with Crippen molar-refractivity contribution in [2.75, 3.05) is 0 Å². The van der Waals surface area contributed by atoms with Crippen molar-refractivity contribution in [3.8, 4) is 0 Å². The lowest BCUT2D eigenvalue weighted by Crippen LogP contribution is -2.21. The first-order chi connectivity index (χ1) is 17.5. The Labute approximate surface area is 226 Å². The molecule has 37 heavy (non-hydrogen) atoms. The van der Waals surface area contributed by atoms with Crippen LogP contribution in [0.2, 0.25) is 0 Å². The first-order valence-corrected chi connectivity index (χ1v) is 14.3. The summed E-state index contributed by atoms with van der Waals surface area (Å²) >= 11 is 0. The predicted octanol–water partition coefficient (Wildman–Crippen LogP) is 10.3. The van der Waals surface area contributed by atoms with Gasteiger partial charge in [0, 0.05) is 10.8 Å². The van der Waals surface area contributed by atoms with Gasteiger partial charge < -0.3 is 0 Å². The second kappa shape index (κ2) is 11.8. The summed E-state index contributed by atoms with van der Waals surface area (Å²) in [5, 5.41) is 1.12. The minimum absolute atomic E-state index is 0.0833. The van der Waals surface area contributed by atoms with Crippen LogP contribution in [0.3, 0.4) is 0 Å². The number of rotatable bonds is 3. The topological polar surface area (TPSA) is 30.2 Å². The summed E-state index contributed by atoms with van der Waals surface area (Å²) in [6, 6.07) is 13.3. The molecule has 0 saturated heterocycles. The molecule has 0 fully saturated rings. The van der Waals surface area contributed by atoms with E-state index in [1.165, 1.54) is 42.3 Å². The fraction of sp³-hybridized carbons (Fsp3) is 0.529. The number of nitrogens with zero attached hydrogens (tertiary/aromatic N) is 3. The highest BCUT2D eigenvalue weighted by Gasteiger charge is 2.44. The number of fused-ring (bicyclic) bond motifs is 6. The maximum atomic E-state index is 5.21. The average molecular weight is 502 g/mol. The normalized spacial score (nSPS) is 17.8. The van der Waals surface area contributed by atoms with Crippen LogP contribution in [-0.2, 0) is 16.2 Å². The van der Waals surface area contributed by atoms with Gasteiger partial charge in [0.15, 0.2) is 0 Å². The Bertz CT molecular complexity index is 1340. The Kier molecular flexibility index (Phi) is 9.74. The number of unbranched alkanes of at least 4 members (excludes halogenated alkanes) is 1. The summed E-state index contributed by atoms with van der Waals surface area (Å²) in [6.45, 7) is 30.3. The molecule has 1 aliphatic carbocycles. The van der Waals surface area contributed by atoms with Crippen LogP contribution in [0.15, 0.2) is 49.6 Å². The predicted molar refractivity (Wildman–Crippen MR) is 165 cm³/mol. The SMILES string of the molecule is C=C.CC.CC.CCCCC1(C)CC(C)(C)c2cc3c(cc21)nc1c2ccccc2nc(C(C)(C)C)n31. The lowest BCUT2D eigenvalue weighted by atomic mass is 9.77. The van der Waals surface area contributed by atoms with Gasteiger partial charge in [-0.15, -0.1) is 13.2 Å². The molecule has 3 heteroatoms. The van der Waals surface area contributed by atoms with E-state index in [0.29, 0.717) is 0 Å². The van der Waals surface area contributed by atoms with Crippen LogP contribution >= 0.6 is 0 Å². The van der Waals surface area contributed by atoms with Crippen LogP contribution in [-0.4, -0.2) is 14.4 Å². The number of benzene rings is 2. The highest BCUT2D eigenvalue weighted by molar-refractivity contribution is 5.97. The number of hydrogen-bond acceptors (Lipinski definition) is 2. The van der Waals surface area contributed by atoms with Crippen molar-refractivity contribution in [2.24, 2.45) is 0 Å². The molecular weight excluding hydrogens is 450 g/mol. The van der Waals surface area contributed by atoms with Gasteiger partial charge in [0.05, 0.1) is 16.6 Å². The Morgan fingerprint density at radius 2 is 1.51 bits per heavy atom. The first kappa shape index (κ1) is 30.5. The fourth-order valence-corrected chi connectivity index (χ4v) is 5.96. The maximum Gasteiger partial charge on any atom is 0.148 e. The molecule has 202 valence electrons. The van der Waals surface area contributed by atoms with Crippen LogP contribution < -0.4 is 0 Å². The standard InChI is InChI=1S/C28H35N3.2C2H6.C2H4/c1-8-9-14-28(7)17-27(5,6)19-16-23-22(15-20(19)28)29-24-18-12-10-11-13-21(18)30-25(31(23)24)26(2,3)4;3*1-2/h10-13,15-16H,8-9,14,17H2,1-7H3;2*1-2H3;1-2H2. The average Bonchev–Trinajstić information content (AvgIpc) is 3.36. The smallest absolute Gasteiger partial charge is 0.148 e. The van der Waals surface area contributed by atoms with Crippen molar-refractivity contribution in [1.82, 2.24) is 14.4 Å². The third kappa shape index (κ3) is 5.47. The van der Waals surface area contributed by atoms with Crippen molar-refractivity contribution in [3.63, 3.8) is 0 Å². The van der Waals surface area contributed by atoms with Crippen molar-refractivity contribution in [1.29, 1.82) is 0 Å². The molecule has 0 N–H and O–H groups in total. The molecule has 0 bridgehead atoms. The van der Waals surface area contributed by atoms with Gasteiger partial charge in [0.1, 0.15) is 11.5 Å². The van der Waals surface area contributed by atoms with Gasteiger partial charge in [-0.2, -0.15) is 0 Å². The number of para-hydroxylation sites is 1. The van der Waals surface area contributed by atoms with Gasteiger partial charge in [-0.3, -0.25) is 4.40 Å². The van der Waals surface area contributed by atoms with Gasteiger partial charge in [0.2, 0.25) is 0 Å². The molecule has 0 spiro atoms. The van der Waals surface area contributed by atoms with Crippen molar-refractivity contribution < 1.29 is 0 Å². The fourth-order valence-electron chi connectivity index (χ4n) is 5.96. The molecule has 1 unspecified atom stereocenters. The second-order valence-corrected chi connectivity index (χ2v) is 11.6. The Morgan fingerprint density at radius 3 is 2.11 bits per heavy atom. The lowest BCUT2D eigenvalue weighted by molar-refractivity contribution is 0.347. The molecule has 0 amide bonds. The molecule has 2 aromatic carbocycles. The lowest BCUT2D eigenvalue weighted by Gasteiger charge is -2.27. The molecule has 0 saturated carbocycles.